The van der Waals surface area contributed by atoms with Crippen molar-refractivity contribution in [2.45, 2.75) is 26.3 Å². The van der Waals surface area contributed by atoms with Crippen LogP contribution in [0, 0.1) is 0 Å². The Hall–Kier alpha value is -2.60. The minimum Gasteiger partial charge on any atom is -0.459 e. The topological polar surface area (TPSA) is 74.6 Å². The molecule has 0 bridgehead atoms. The Morgan fingerprint density at radius 1 is 1.20 bits per heavy atom. The number of furan rings is 1. The molecule has 0 radical (unpaired) electrons. The summed E-state index contributed by atoms with van der Waals surface area (Å²) in [5.74, 6) is 0.0587. The molecule has 0 atom stereocenters. The molecule has 1 aromatic carbocycles. The van der Waals surface area contributed by atoms with Crippen molar-refractivity contribution in [2.75, 3.05) is 24.5 Å². The maximum Gasteiger partial charge on any atom is 0.287 e. The highest BCUT2D eigenvalue weighted by Crippen LogP contribution is 2.30. The van der Waals surface area contributed by atoms with Crippen LogP contribution in [0.4, 0.5) is 5.69 Å². The van der Waals surface area contributed by atoms with Crippen molar-refractivity contribution in [3.05, 3.63) is 53.5 Å². The van der Waals surface area contributed by atoms with Crippen molar-refractivity contribution in [3.63, 3.8) is 0 Å². The first-order chi connectivity index (χ1) is 12.2. The zero-order valence-corrected chi connectivity index (χ0v) is 14.4. The van der Waals surface area contributed by atoms with E-state index in [1.54, 1.807) is 11.0 Å². The molecule has 6 heteroatoms. The Morgan fingerprint density at radius 2 is 2.04 bits per heavy atom. The third kappa shape index (κ3) is 3.91. The van der Waals surface area contributed by atoms with Crippen LogP contribution in [0.5, 0.6) is 0 Å². The predicted octanol–water partition coefficient (Wildman–Crippen LogP) is 2.10. The van der Waals surface area contributed by atoms with Gasteiger partial charge in [0.25, 0.3) is 5.91 Å². The number of nitrogens with zero attached hydrogens (tertiary/aromatic N) is 1. The van der Waals surface area contributed by atoms with E-state index in [2.05, 4.69) is 17.6 Å². The summed E-state index contributed by atoms with van der Waals surface area (Å²) in [6.07, 6.45) is 2.95. The SMILES string of the molecule is CCCNCCNC(=O)c1occc1CN1C(=O)Cc2ccccc21. The van der Waals surface area contributed by atoms with Crippen LogP contribution in [-0.2, 0) is 17.8 Å². The molecule has 2 aromatic rings. The van der Waals surface area contributed by atoms with Crippen LogP contribution in [0.3, 0.4) is 0 Å². The standard InChI is InChI=1S/C19H23N3O3/c1-2-8-20-9-10-21-19(24)18-15(7-11-25-18)13-22-16-6-4-3-5-14(16)12-17(22)23/h3-7,11,20H,2,8-10,12-13H2,1H3,(H,21,24). The molecule has 1 aliphatic heterocycles. The van der Waals surface area contributed by atoms with E-state index in [9.17, 15) is 9.59 Å². The summed E-state index contributed by atoms with van der Waals surface area (Å²) < 4.78 is 5.37. The van der Waals surface area contributed by atoms with Gasteiger partial charge in [0.15, 0.2) is 5.76 Å². The van der Waals surface area contributed by atoms with E-state index in [0.717, 1.165) is 24.2 Å². The van der Waals surface area contributed by atoms with Crippen molar-refractivity contribution in [3.8, 4) is 0 Å². The van der Waals surface area contributed by atoms with Gasteiger partial charge in [-0.1, -0.05) is 25.1 Å². The van der Waals surface area contributed by atoms with Crippen molar-refractivity contribution in [1.82, 2.24) is 10.6 Å². The Labute approximate surface area is 147 Å². The molecule has 0 saturated carbocycles. The fourth-order valence-electron chi connectivity index (χ4n) is 2.97. The molecule has 2 N–H and O–H groups in total. The second kappa shape index (κ2) is 7.98. The molecule has 25 heavy (non-hydrogen) atoms. The number of nitrogens with one attached hydrogen (secondary N) is 2. The van der Waals surface area contributed by atoms with E-state index in [1.807, 2.05) is 24.3 Å². The first kappa shape index (κ1) is 17.2. The number of rotatable bonds is 8. The van der Waals surface area contributed by atoms with E-state index in [4.69, 9.17) is 4.42 Å². The minimum atomic E-state index is -0.252. The third-order valence-electron chi connectivity index (χ3n) is 4.22. The molecule has 132 valence electrons. The van der Waals surface area contributed by atoms with Crippen LogP contribution in [0.1, 0.15) is 35.0 Å². The third-order valence-corrected chi connectivity index (χ3v) is 4.22. The number of hydrogen-bond acceptors (Lipinski definition) is 4. The smallest absolute Gasteiger partial charge is 0.287 e. The summed E-state index contributed by atoms with van der Waals surface area (Å²) in [6, 6.07) is 9.48. The van der Waals surface area contributed by atoms with E-state index >= 15 is 0 Å². The van der Waals surface area contributed by atoms with E-state index < -0.39 is 0 Å². The van der Waals surface area contributed by atoms with Crippen LogP contribution in [-0.4, -0.2) is 31.4 Å². The molecule has 1 aromatic heterocycles. The lowest BCUT2D eigenvalue weighted by Crippen LogP contribution is -2.33. The van der Waals surface area contributed by atoms with Crippen molar-refractivity contribution < 1.29 is 14.0 Å². The molecule has 0 unspecified atom stereocenters. The van der Waals surface area contributed by atoms with Crippen molar-refractivity contribution >= 4 is 17.5 Å². The normalized spacial score (nSPS) is 13.2. The summed E-state index contributed by atoms with van der Waals surface area (Å²) in [5, 5.41) is 6.07. The average molecular weight is 341 g/mol. The molecule has 0 fully saturated rings. The molecular weight excluding hydrogens is 318 g/mol. The molecule has 2 heterocycles. The molecule has 6 nitrogen and oxygen atoms in total. The monoisotopic (exact) mass is 341 g/mol. The van der Waals surface area contributed by atoms with Gasteiger partial charge in [-0.3, -0.25) is 9.59 Å². The quantitative estimate of drug-likeness (QED) is 0.721. The summed E-state index contributed by atoms with van der Waals surface area (Å²) in [4.78, 5) is 26.3. The lowest BCUT2D eigenvalue weighted by molar-refractivity contribution is -0.117. The Kier molecular flexibility index (Phi) is 5.50. The van der Waals surface area contributed by atoms with Gasteiger partial charge in [0.1, 0.15) is 0 Å². The second-order valence-corrected chi connectivity index (χ2v) is 6.07. The molecule has 2 amide bonds. The first-order valence-corrected chi connectivity index (χ1v) is 8.64. The van der Waals surface area contributed by atoms with Crippen LogP contribution in [0.25, 0.3) is 0 Å². The van der Waals surface area contributed by atoms with Gasteiger partial charge < -0.3 is 20.0 Å². The fourth-order valence-corrected chi connectivity index (χ4v) is 2.97. The molecule has 0 saturated heterocycles. The lowest BCUT2D eigenvalue weighted by atomic mass is 10.1. The van der Waals surface area contributed by atoms with Gasteiger partial charge in [-0.25, -0.2) is 0 Å². The van der Waals surface area contributed by atoms with Crippen molar-refractivity contribution in [1.29, 1.82) is 0 Å². The fraction of sp³-hybridized carbons (Fsp3) is 0.368. The Balaban J connectivity index is 1.64. The van der Waals surface area contributed by atoms with Gasteiger partial charge in [-0.15, -0.1) is 0 Å². The summed E-state index contributed by atoms with van der Waals surface area (Å²) in [5.41, 5.74) is 2.64. The van der Waals surface area contributed by atoms with E-state index in [0.29, 0.717) is 31.6 Å². The van der Waals surface area contributed by atoms with Crippen LogP contribution < -0.4 is 15.5 Å². The molecular formula is C19H23N3O3. The molecule has 0 aliphatic carbocycles. The first-order valence-electron chi connectivity index (χ1n) is 8.64. The predicted molar refractivity (Wildman–Crippen MR) is 95.5 cm³/mol. The zero-order valence-electron chi connectivity index (χ0n) is 14.4. The van der Waals surface area contributed by atoms with Crippen LogP contribution in [0.15, 0.2) is 41.0 Å². The summed E-state index contributed by atoms with van der Waals surface area (Å²) in [7, 11) is 0. The minimum absolute atomic E-state index is 0.0394. The van der Waals surface area contributed by atoms with Crippen LogP contribution >= 0.6 is 0 Å². The zero-order chi connectivity index (χ0) is 17.6. The van der Waals surface area contributed by atoms with Crippen LogP contribution in [0.2, 0.25) is 0 Å². The highest BCUT2D eigenvalue weighted by Gasteiger charge is 2.28. The van der Waals surface area contributed by atoms with Gasteiger partial charge in [0.2, 0.25) is 5.91 Å². The highest BCUT2D eigenvalue weighted by atomic mass is 16.3. The van der Waals surface area contributed by atoms with Gasteiger partial charge in [-0.05, 0) is 30.7 Å². The summed E-state index contributed by atoms with van der Waals surface area (Å²) in [6.45, 7) is 4.61. The van der Waals surface area contributed by atoms with Gasteiger partial charge in [0, 0.05) is 24.3 Å². The van der Waals surface area contributed by atoms with E-state index in [1.165, 1.54) is 6.26 Å². The maximum absolute atomic E-state index is 12.3. The van der Waals surface area contributed by atoms with Gasteiger partial charge >= 0.3 is 0 Å². The average Bonchev–Trinajstić information content (AvgIpc) is 3.20. The number of benzene rings is 1. The maximum atomic E-state index is 12.3. The number of anilines is 1. The summed E-state index contributed by atoms with van der Waals surface area (Å²) >= 11 is 0. The van der Waals surface area contributed by atoms with Crippen molar-refractivity contribution in [2.24, 2.45) is 0 Å². The number of fused-ring (bicyclic) bond motifs is 1. The lowest BCUT2D eigenvalue weighted by Gasteiger charge is -2.17. The molecule has 3 rings (SSSR count). The number of carbonyl (C=O) groups excluding carboxylic acids is 2. The highest BCUT2D eigenvalue weighted by molar-refractivity contribution is 6.01. The largest absolute Gasteiger partial charge is 0.459 e. The number of para-hydroxylation sites is 1. The van der Waals surface area contributed by atoms with Gasteiger partial charge in [0.05, 0.1) is 19.2 Å². The molecule has 1 aliphatic rings. The van der Waals surface area contributed by atoms with Gasteiger partial charge in [-0.2, -0.15) is 0 Å². The number of amides is 2. The molecule has 0 spiro atoms. The second-order valence-electron chi connectivity index (χ2n) is 6.07. The van der Waals surface area contributed by atoms with E-state index in [-0.39, 0.29) is 17.6 Å². The Bertz CT molecular complexity index is 754. The number of hydrogen-bond donors (Lipinski definition) is 2. The number of carbonyl (C=O) groups is 2. The Morgan fingerprint density at radius 3 is 2.88 bits per heavy atom.